The zero-order valence-electron chi connectivity index (χ0n) is 14.6. The van der Waals surface area contributed by atoms with Crippen LogP contribution in [0.5, 0.6) is 0 Å². The molecule has 1 aliphatic rings. The second-order valence-electron chi connectivity index (χ2n) is 6.62. The Kier molecular flexibility index (Phi) is 4.09. The van der Waals surface area contributed by atoms with E-state index in [-0.39, 0.29) is 12.3 Å². The Bertz CT molecular complexity index is 1160. The van der Waals surface area contributed by atoms with Gasteiger partial charge in [-0.05, 0) is 29.7 Å². The van der Waals surface area contributed by atoms with Crippen LogP contribution in [0.15, 0.2) is 42.5 Å². The van der Waals surface area contributed by atoms with Crippen molar-refractivity contribution in [3.05, 3.63) is 75.0 Å². The maximum atomic E-state index is 11.7. The van der Waals surface area contributed by atoms with E-state index in [2.05, 4.69) is 11.1 Å². The predicted molar refractivity (Wildman–Crippen MR) is 98.8 cm³/mol. The van der Waals surface area contributed by atoms with Gasteiger partial charge in [0.15, 0.2) is 0 Å². The van der Waals surface area contributed by atoms with Gasteiger partial charge in [0.2, 0.25) is 0 Å². The van der Waals surface area contributed by atoms with Crippen LogP contribution in [0.1, 0.15) is 28.8 Å². The van der Waals surface area contributed by atoms with Gasteiger partial charge in [0.1, 0.15) is 5.60 Å². The van der Waals surface area contributed by atoms with Crippen LogP contribution >= 0.6 is 0 Å². The SMILES string of the molecule is N#Cc1cccc2[nH]c3c(c12)CCOC3(CC(=O)O)c1cccc([N+](=O)[O-])c1. The summed E-state index contributed by atoms with van der Waals surface area (Å²) in [6.07, 6.45) is 0.0974. The van der Waals surface area contributed by atoms with Crippen LogP contribution in [-0.4, -0.2) is 27.6 Å². The van der Waals surface area contributed by atoms with Crippen molar-refractivity contribution in [2.45, 2.75) is 18.4 Å². The number of carboxylic acid groups (broad SMARTS) is 1. The van der Waals surface area contributed by atoms with E-state index in [1.807, 2.05) is 6.07 Å². The maximum absolute atomic E-state index is 11.7. The molecule has 0 fully saturated rings. The van der Waals surface area contributed by atoms with Crippen molar-refractivity contribution in [2.24, 2.45) is 0 Å². The average Bonchev–Trinajstić information content (AvgIpc) is 3.08. The topological polar surface area (TPSA) is 129 Å². The van der Waals surface area contributed by atoms with Gasteiger partial charge in [-0.1, -0.05) is 18.2 Å². The minimum absolute atomic E-state index is 0.146. The zero-order chi connectivity index (χ0) is 19.9. The Hall–Kier alpha value is -3.70. The number of benzene rings is 2. The van der Waals surface area contributed by atoms with E-state index in [0.717, 1.165) is 10.9 Å². The lowest BCUT2D eigenvalue weighted by molar-refractivity contribution is -0.385. The van der Waals surface area contributed by atoms with E-state index >= 15 is 0 Å². The third-order valence-corrected chi connectivity index (χ3v) is 5.08. The van der Waals surface area contributed by atoms with E-state index in [1.165, 1.54) is 18.2 Å². The highest BCUT2D eigenvalue weighted by Crippen LogP contribution is 2.45. The molecule has 0 aliphatic carbocycles. The summed E-state index contributed by atoms with van der Waals surface area (Å²) in [5.41, 5.74) is 1.36. The lowest BCUT2D eigenvalue weighted by Crippen LogP contribution is -2.39. The standard InChI is InChI=1S/C20H15N3O5/c21-11-12-3-1-6-16-18(12)15-7-8-28-20(10-17(24)25,19(15)22-16)13-4-2-5-14(9-13)23(26)27/h1-6,9,22H,7-8,10H2,(H,24,25). The second kappa shape index (κ2) is 6.48. The van der Waals surface area contributed by atoms with Crippen LogP contribution in [-0.2, 0) is 21.6 Å². The first kappa shape index (κ1) is 17.7. The first-order chi connectivity index (χ1) is 13.5. The number of hydrogen-bond donors (Lipinski definition) is 2. The molecule has 1 atom stereocenters. The molecule has 0 radical (unpaired) electrons. The second-order valence-corrected chi connectivity index (χ2v) is 6.62. The molecule has 2 heterocycles. The van der Waals surface area contributed by atoms with Crippen LogP contribution in [0.4, 0.5) is 5.69 Å². The lowest BCUT2D eigenvalue weighted by Gasteiger charge is -2.36. The number of rotatable bonds is 4. The van der Waals surface area contributed by atoms with Crippen molar-refractivity contribution in [3.8, 4) is 6.07 Å². The number of ether oxygens (including phenoxy) is 1. The number of non-ortho nitro benzene ring substituents is 1. The fraction of sp³-hybridized carbons (Fsp3) is 0.200. The number of nitrogens with zero attached hydrogens (tertiary/aromatic N) is 2. The van der Waals surface area contributed by atoms with E-state index in [0.29, 0.717) is 28.8 Å². The molecule has 0 bridgehead atoms. The molecule has 0 amide bonds. The minimum Gasteiger partial charge on any atom is -0.481 e. The molecule has 1 aliphatic heterocycles. The highest BCUT2D eigenvalue weighted by molar-refractivity contribution is 5.91. The van der Waals surface area contributed by atoms with Gasteiger partial charge in [-0.15, -0.1) is 0 Å². The number of aromatic nitrogens is 1. The van der Waals surface area contributed by atoms with Crippen molar-refractivity contribution >= 4 is 22.6 Å². The maximum Gasteiger partial charge on any atom is 0.307 e. The van der Waals surface area contributed by atoms with Gasteiger partial charge < -0.3 is 14.8 Å². The number of H-pyrrole nitrogens is 1. The van der Waals surface area contributed by atoms with Crippen LogP contribution in [0.25, 0.3) is 10.9 Å². The molecular formula is C20H15N3O5. The number of nitro benzene ring substituents is 1. The summed E-state index contributed by atoms with van der Waals surface area (Å²) in [7, 11) is 0. The third kappa shape index (κ3) is 2.61. The van der Waals surface area contributed by atoms with Gasteiger partial charge in [-0.2, -0.15) is 5.26 Å². The summed E-state index contributed by atoms with van der Waals surface area (Å²) < 4.78 is 6.01. The molecule has 1 unspecified atom stereocenters. The number of nitrogens with one attached hydrogen (secondary N) is 1. The minimum atomic E-state index is -1.41. The Morgan fingerprint density at radius 1 is 1.36 bits per heavy atom. The summed E-state index contributed by atoms with van der Waals surface area (Å²) in [4.78, 5) is 25.7. The molecule has 2 N–H and O–H groups in total. The smallest absolute Gasteiger partial charge is 0.307 e. The fourth-order valence-electron chi connectivity index (χ4n) is 3.96. The van der Waals surface area contributed by atoms with Crippen molar-refractivity contribution in [3.63, 3.8) is 0 Å². The molecule has 8 heteroatoms. The van der Waals surface area contributed by atoms with Gasteiger partial charge in [-0.25, -0.2) is 0 Å². The molecule has 2 aromatic carbocycles. The molecule has 3 aromatic rings. The van der Waals surface area contributed by atoms with E-state index in [1.54, 1.807) is 18.2 Å². The zero-order valence-corrected chi connectivity index (χ0v) is 14.6. The normalized spacial score (nSPS) is 18.4. The van der Waals surface area contributed by atoms with E-state index in [4.69, 9.17) is 4.74 Å². The molecule has 0 spiro atoms. The monoisotopic (exact) mass is 377 g/mol. The van der Waals surface area contributed by atoms with Crippen molar-refractivity contribution in [1.29, 1.82) is 5.26 Å². The molecule has 1 aromatic heterocycles. The predicted octanol–water partition coefficient (Wildman–Crippen LogP) is 3.24. The van der Waals surface area contributed by atoms with Crippen LogP contribution in [0.2, 0.25) is 0 Å². The number of nitro groups is 1. The van der Waals surface area contributed by atoms with Crippen molar-refractivity contribution < 1.29 is 19.6 Å². The van der Waals surface area contributed by atoms with Crippen LogP contribution in [0.3, 0.4) is 0 Å². The van der Waals surface area contributed by atoms with Gasteiger partial charge in [0, 0.05) is 23.0 Å². The third-order valence-electron chi connectivity index (χ3n) is 5.08. The van der Waals surface area contributed by atoms with Gasteiger partial charge >= 0.3 is 5.97 Å². The Morgan fingerprint density at radius 2 is 2.14 bits per heavy atom. The lowest BCUT2D eigenvalue weighted by atomic mass is 9.82. The average molecular weight is 377 g/mol. The van der Waals surface area contributed by atoms with Gasteiger partial charge in [0.25, 0.3) is 5.69 Å². The number of aliphatic carboxylic acids is 1. The highest BCUT2D eigenvalue weighted by Gasteiger charge is 2.44. The van der Waals surface area contributed by atoms with Gasteiger partial charge in [0.05, 0.1) is 35.3 Å². The molecule has 140 valence electrons. The Morgan fingerprint density at radius 3 is 2.86 bits per heavy atom. The number of carboxylic acids is 1. The first-order valence-corrected chi connectivity index (χ1v) is 8.61. The van der Waals surface area contributed by atoms with E-state index in [9.17, 15) is 25.3 Å². The summed E-state index contributed by atoms with van der Waals surface area (Å²) >= 11 is 0. The number of aromatic amines is 1. The molecule has 0 saturated carbocycles. The number of fused-ring (bicyclic) bond motifs is 3. The molecule has 4 rings (SSSR count). The number of carbonyl (C=O) groups is 1. The first-order valence-electron chi connectivity index (χ1n) is 8.61. The fourth-order valence-corrected chi connectivity index (χ4v) is 3.96. The summed E-state index contributed by atoms with van der Waals surface area (Å²) in [6, 6.07) is 13.3. The van der Waals surface area contributed by atoms with Crippen molar-refractivity contribution in [1.82, 2.24) is 4.98 Å². The highest BCUT2D eigenvalue weighted by atomic mass is 16.6. The van der Waals surface area contributed by atoms with E-state index < -0.39 is 22.9 Å². The molecular weight excluding hydrogens is 362 g/mol. The van der Waals surface area contributed by atoms with Crippen LogP contribution in [0, 0.1) is 21.4 Å². The largest absolute Gasteiger partial charge is 0.481 e. The molecule has 28 heavy (non-hydrogen) atoms. The number of hydrogen-bond acceptors (Lipinski definition) is 5. The van der Waals surface area contributed by atoms with Crippen molar-refractivity contribution in [2.75, 3.05) is 6.61 Å². The summed E-state index contributed by atoms with van der Waals surface area (Å²) in [5, 5.41) is 31.0. The molecule has 0 saturated heterocycles. The summed E-state index contributed by atoms with van der Waals surface area (Å²) in [6.45, 7) is 0.232. The number of nitriles is 1. The quantitative estimate of drug-likeness (QED) is 0.530. The Balaban J connectivity index is 2.03. The summed E-state index contributed by atoms with van der Waals surface area (Å²) in [5.74, 6) is -1.10. The Labute approximate surface area is 159 Å². The molecule has 8 nitrogen and oxygen atoms in total. The van der Waals surface area contributed by atoms with Gasteiger partial charge in [-0.3, -0.25) is 14.9 Å². The van der Waals surface area contributed by atoms with Crippen LogP contribution < -0.4 is 0 Å².